The minimum atomic E-state index is -0.0637. The predicted molar refractivity (Wildman–Crippen MR) is 192 cm³/mol. The van der Waals surface area contributed by atoms with Gasteiger partial charge in [0.05, 0.1) is 5.69 Å². The van der Waals surface area contributed by atoms with Crippen LogP contribution in [0.5, 0.6) is 0 Å². The standard InChI is InChI=1S/C45H47N/c1-42(2)30-19-29-23-41(46-25-33(29)38(42)24-30)28-15-18-36-40(22-28)45(7,8)35-17-14-27(21-39(35)44(36,5)6)26-13-16-32-31-11-9-10-12-34(31)43(3,4)37(32)20-26/h9-14,16-17,20-23,25,30,38H,15,18-19,24H2,1-8H3. The molecule has 1 saturated carbocycles. The first-order chi connectivity index (χ1) is 21.8. The first-order valence-electron chi connectivity index (χ1n) is 17.6. The monoisotopic (exact) mass is 601 g/mol. The van der Waals surface area contributed by atoms with Gasteiger partial charge in [0, 0.05) is 22.4 Å². The summed E-state index contributed by atoms with van der Waals surface area (Å²) in [5.74, 6) is 1.52. The van der Waals surface area contributed by atoms with E-state index in [2.05, 4.69) is 134 Å². The molecular weight excluding hydrogens is 555 g/mol. The molecule has 0 aliphatic heterocycles. The summed E-state index contributed by atoms with van der Waals surface area (Å²) in [6.45, 7) is 19.5. The third-order valence-corrected chi connectivity index (χ3v) is 13.7. The van der Waals surface area contributed by atoms with Crippen LogP contribution in [0.2, 0.25) is 0 Å². The number of aromatic nitrogens is 1. The van der Waals surface area contributed by atoms with Crippen molar-refractivity contribution < 1.29 is 0 Å². The molecule has 10 rings (SSSR count). The van der Waals surface area contributed by atoms with E-state index in [1.54, 1.807) is 11.1 Å². The number of allylic oxidation sites excluding steroid dienone is 4. The zero-order chi connectivity index (χ0) is 32.0. The number of pyridine rings is 1. The molecule has 1 heteroatoms. The van der Waals surface area contributed by atoms with Gasteiger partial charge in [-0.25, -0.2) is 0 Å². The molecule has 0 amide bonds. The average Bonchev–Trinajstić information content (AvgIpc) is 3.28. The van der Waals surface area contributed by atoms with Crippen LogP contribution < -0.4 is 0 Å². The van der Waals surface area contributed by atoms with E-state index < -0.39 is 0 Å². The third-order valence-electron chi connectivity index (χ3n) is 13.7. The van der Waals surface area contributed by atoms with E-state index in [1.165, 1.54) is 79.8 Å². The van der Waals surface area contributed by atoms with E-state index in [0.717, 1.165) is 18.8 Å². The summed E-state index contributed by atoms with van der Waals surface area (Å²) >= 11 is 0. The van der Waals surface area contributed by atoms with Crippen molar-refractivity contribution >= 4 is 5.57 Å². The molecule has 2 atom stereocenters. The first kappa shape index (κ1) is 28.5. The largest absolute Gasteiger partial charge is 0.256 e. The summed E-state index contributed by atoms with van der Waals surface area (Å²) in [6, 6.07) is 25.9. The molecule has 2 unspecified atom stereocenters. The quantitative estimate of drug-likeness (QED) is 0.223. The Morgan fingerprint density at radius 1 is 0.652 bits per heavy atom. The highest BCUT2D eigenvalue weighted by Crippen LogP contribution is 2.62. The lowest BCUT2D eigenvalue weighted by atomic mass is 9.47. The second-order valence-corrected chi connectivity index (χ2v) is 17.3. The SMILES string of the molecule is CC1(C)C2=C(CCC(c3cc4c(cn3)C3CC(C4)C3(C)C)=C2)C(C)(C)c2cc(-c3ccc4c(c3)C(C)(C)c3ccccc3-4)ccc21. The molecule has 4 aromatic rings. The molecule has 0 radical (unpaired) electrons. The molecular formula is C45H47N. The van der Waals surface area contributed by atoms with Crippen LogP contribution in [0.4, 0.5) is 0 Å². The van der Waals surface area contributed by atoms with Crippen LogP contribution in [-0.2, 0) is 22.7 Å². The van der Waals surface area contributed by atoms with E-state index in [4.69, 9.17) is 4.98 Å². The van der Waals surface area contributed by atoms with Crippen LogP contribution in [0.15, 0.2) is 90.1 Å². The molecule has 0 saturated heterocycles. The molecule has 1 fully saturated rings. The van der Waals surface area contributed by atoms with E-state index in [0.29, 0.717) is 11.3 Å². The van der Waals surface area contributed by atoms with Crippen LogP contribution in [0.3, 0.4) is 0 Å². The van der Waals surface area contributed by atoms with Gasteiger partial charge in [-0.1, -0.05) is 116 Å². The Bertz CT molecular complexity index is 2060. The van der Waals surface area contributed by atoms with Crippen LogP contribution in [0.25, 0.3) is 27.8 Å². The molecule has 1 aromatic heterocycles. The Morgan fingerprint density at radius 2 is 1.37 bits per heavy atom. The molecule has 6 aliphatic rings. The third kappa shape index (κ3) is 3.61. The second-order valence-electron chi connectivity index (χ2n) is 17.3. The van der Waals surface area contributed by atoms with Gasteiger partial charge >= 0.3 is 0 Å². The van der Waals surface area contributed by atoms with Crippen molar-refractivity contribution in [3.63, 3.8) is 0 Å². The molecule has 2 bridgehead atoms. The highest BCUT2D eigenvalue weighted by molar-refractivity contribution is 5.84. The first-order valence-corrected chi connectivity index (χ1v) is 17.6. The maximum atomic E-state index is 5.12. The topological polar surface area (TPSA) is 12.9 Å². The van der Waals surface area contributed by atoms with Crippen molar-refractivity contribution in [1.29, 1.82) is 0 Å². The van der Waals surface area contributed by atoms with Crippen molar-refractivity contribution in [3.8, 4) is 22.3 Å². The fraction of sp³-hybridized carbons (Fsp3) is 0.400. The summed E-state index contributed by atoms with van der Waals surface area (Å²) in [5, 5.41) is 0. The molecule has 1 nitrogen and oxygen atoms in total. The molecule has 232 valence electrons. The summed E-state index contributed by atoms with van der Waals surface area (Å²) in [7, 11) is 0. The van der Waals surface area contributed by atoms with Crippen LogP contribution in [-0.4, -0.2) is 4.98 Å². The van der Waals surface area contributed by atoms with Gasteiger partial charge in [0.25, 0.3) is 0 Å². The van der Waals surface area contributed by atoms with Crippen molar-refractivity contribution in [1.82, 2.24) is 4.98 Å². The van der Waals surface area contributed by atoms with Crippen LogP contribution >= 0.6 is 0 Å². The van der Waals surface area contributed by atoms with Crippen LogP contribution in [0, 0.1) is 11.3 Å². The van der Waals surface area contributed by atoms with E-state index in [-0.39, 0.29) is 16.2 Å². The average molecular weight is 602 g/mol. The second kappa shape index (κ2) is 9.00. The lowest BCUT2D eigenvalue weighted by molar-refractivity contribution is 0.0182. The zero-order valence-electron chi connectivity index (χ0n) is 28.9. The van der Waals surface area contributed by atoms with E-state index in [9.17, 15) is 0 Å². The molecule has 0 spiro atoms. The Balaban J connectivity index is 1.09. The van der Waals surface area contributed by atoms with Crippen molar-refractivity contribution in [2.24, 2.45) is 11.3 Å². The van der Waals surface area contributed by atoms with Crippen molar-refractivity contribution in [2.45, 2.75) is 103 Å². The van der Waals surface area contributed by atoms with Gasteiger partial charge in [-0.05, 0) is 128 Å². The van der Waals surface area contributed by atoms with E-state index in [1.807, 2.05) is 0 Å². The predicted octanol–water partition coefficient (Wildman–Crippen LogP) is 11.5. The number of rotatable bonds is 2. The number of fused-ring (bicyclic) bond motifs is 4. The van der Waals surface area contributed by atoms with Gasteiger partial charge in [-0.3, -0.25) is 4.98 Å². The lowest BCUT2D eigenvalue weighted by Crippen LogP contribution is -2.48. The summed E-state index contributed by atoms with van der Waals surface area (Å²) in [4.78, 5) is 5.12. The molecule has 46 heavy (non-hydrogen) atoms. The Hall–Kier alpha value is -3.71. The van der Waals surface area contributed by atoms with E-state index >= 15 is 0 Å². The minimum Gasteiger partial charge on any atom is -0.256 e. The maximum absolute atomic E-state index is 5.12. The molecule has 1 heterocycles. The molecule has 0 N–H and O–H groups in total. The fourth-order valence-electron chi connectivity index (χ4n) is 10.4. The molecule has 6 aliphatic carbocycles. The minimum absolute atomic E-state index is 0.00709. The smallest absolute Gasteiger partial charge is 0.0664 e. The Labute approximate surface area is 275 Å². The fourth-order valence-corrected chi connectivity index (χ4v) is 10.4. The summed E-state index contributed by atoms with van der Waals surface area (Å²) < 4.78 is 0. The van der Waals surface area contributed by atoms with Gasteiger partial charge in [-0.15, -0.1) is 0 Å². The lowest BCUT2D eigenvalue weighted by Gasteiger charge is -2.57. The van der Waals surface area contributed by atoms with Crippen molar-refractivity contribution in [3.05, 3.63) is 129 Å². The van der Waals surface area contributed by atoms with Gasteiger partial charge in [-0.2, -0.15) is 0 Å². The maximum Gasteiger partial charge on any atom is 0.0664 e. The van der Waals surface area contributed by atoms with Gasteiger partial charge in [0.2, 0.25) is 0 Å². The van der Waals surface area contributed by atoms with Gasteiger partial charge in [0.15, 0.2) is 0 Å². The summed E-state index contributed by atoms with van der Waals surface area (Å²) in [6.07, 6.45) is 9.52. The summed E-state index contributed by atoms with van der Waals surface area (Å²) in [5.41, 5.74) is 20.4. The number of benzene rings is 3. The Morgan fingerprint density at radius 3 is 2.15 bits per heavy atom. The van der Waals surface area contributed by atoms with Gasteiger partial charge < -0.3 is 0 Å². The van der Waals surface area contributed by atoms with Crippen LogP contribution in [0.1, 0.15) is 120 Å². The number of nitrogens with zero attached hydrogens (tertiary/aromatic N) is 1. The Kier molecular flexibility index (Phi) is 5.58. The highest BCUT2D eigenvalue weighted by atomic mass is 14.7. The normalized spacial score (nSPS) is 24.9. The molecule has 3 aromatic carbocycles. The zero-order valence-corrected chi connectivity index (χ0v) is 28.9. The van der Waals surface area contributed by atoms with Gasteiger partial charge in [0.1, 0.15) is 0 Å². The number of hydrogen-bond donors (Lipinski definition) is 0. The number of hydrogen-bond acceptors (Lipinski definition) is 1. The highest BCUT2D eigenvalue weighted by Gasteiger charge is 2.52. The van der Waals surface area contributed by atoms with Crippen molar-refractivity contribution in [2.75, 3.05) is 0 Å².